The van der Waals surface area contributed by atoms with Crippen molar-refractivity contribution in [3.8, 4) is 6.07 Å². The molecule has 0 aromatic carbocycles. The molecule has 0 unspecified atom stereocenters. The fourth-order valence-corrected chi connectivity index (χ4v) is 7.05. The lowest BCUT2D eigenvalue weighted by Gasteiger charge is -2.28. The van der Waals surface area contributed by atoms with Gasteiger partial charge >= 0.3 is 31.7 Å². The Morgan fingerprint density at radius 2 is 1.43 bits per heavy atom. The largest absolute Gasteiger partial charge is 0.480 e. The monoisotopic (exact) mass is 767 g/mol. The number of hydrogen-bond donors (Lipinski definition) is 1. The molecule has 0 amide bonds. The molecule has 1 fully saturated rings. The van der Waals surface area contributed by atoms with E-state index in [0.29, 0.717) is 31.2 Å². The number of carbonyl (C=O) groups is 4. The highest BCUT2D eigenvalue weighted by atomic mass is 31.2. The molecule has 2 aromatic rings. The van der Waals surface area contributed by atoms with E-state index in [1.54, 1.807) is 0 Å². The molecule has 294 valence electrons. The van der Waals surface area contributed by atoms with Crippen LogP contribution >= 0.6 is 7.82 Å². The summed E-state index contributed by atoms with van der Waals surface area (Å²) in [6, 6.07) is 4.98. The van der Waals surface area contributed by atoms with Gasteiger partial charge in [0, 0.05) is 13.8 Å². The first-order chi connectivity index (χ1) is 25.3. The molecule has 2 aromatic heterocycles. The Balaban J connectivity index is 1.93. The Kier molecular flexibility index (Phi) is 16.6. The molecule has 0 radical (unpaired) electrons. The topological polar surface area (TPSA) is 239 Å². The first-order valence-electron chi connectivity index (χ1n) is 17.7. The first kappa shape index (κ1) is 43.3. The molecule has 0 bridgehead atoms. The van der Waals surface area contributed by atoms with Gasteiger partial charge in [-0.05, 0) is 37.8 Å². The van der Waals surface area contributed by atoms with E-state index in [1.807, 2.05) is 33.8 Å². The van der Waals surface area contributed by atoms with Crippen LogP contribution in [0.3, 0.4) is 0 Å². The molecule has 0 saturated carbocycles. The molecular weight excluding hydrogens is 717 g/mol. The lowest BCUT2D eigenvalue weighted by Crippen LogP contribution is -2.45. The molecule has 1 aliphatic heterocycles. The van der Waals surface area contributed by atoms with Crippen molar-refractivity contribution in [1.82, 2.24) is 14.6 Å². The third-order valence-corrected chi connectivity index (χ3v) is 9.77. The number of fused-ring (bicyclic) bond motifs is 1. The summed E-state index contributed by atoms with van der Waals surface area (Å²) in [5.74, 6) is -3.58. The second-order valence-electron chi connectivity index (χ2n) is 12.5. The van der Waals surface area contributed by atoms with E-state index < -0.39 is 87.6 Å². The Morgan fingerprint density at radius 1 is 0.906 bits per heavy atom. The minimum atomic E-state index is -4.78. The van der Waals surface area contributed by atoms with Crippen LogP contribution in [-0.4, -0.2) is 77.0 Å². The molecule has 53 heavy (non-hydrogen) atoms. The molecule has 0 spiro atoms. The van der Waals surface area contributed by atoms with Crippen LogP contribution in [-0.2, 0) is 66.6 Å². The highest BCUT2D eigenvalue weighted by molar-refractivity contribution is 7.48. The van der Waals surface area contributed by atoms with Crippen LogP contribution in [0.25, 0.3) is 5.52 Å². The quantitative estimate of drug-likeness (QED) is 0.0726. The third kappa shape index (κ3) is 11.2. The molecule has 3 rings (SSSR count). The van der Waals surface area contributed by atoms with E-state index in [1.165, 1.54) is 16.6 Å². The average Bonchev–Trinajstić information content (AvgIpc) is 3.67. The fourth-order valence-electron chi connectivity index (χ4n) is 6.14. The van der Waals surface area contributed by atoms with Gasteiger partial charge < -0.3 is 29.4 Å². The molecule has 4 atom stereocenters. The summed E-state index contributed by atoms with van der Waals surface area (Å²) in [4.78, 5) is 54.2. The predicted molar refractivity (Wildman–Crippen MR) is 185 cm³/mol. The van der Waals surface area contributed by atoms with Gasteiger partial charge in [-0.15, -0.1) is 0 Å². The number of nitriles is 1. The Hall–Kier alpha value is -4.14. The number of aromatic nitrogens is 3. The normalized spacial score (nSPS) is 20.0. The van der Waals surface area contributed by atoms with E-state index in [4.69, 9.17) is 43.0 Å². The molecule has 3 heterocycles. The van der Waals surface area contributed by atoms with Gasteiger partial charge in [-0.1, -0.05) is 53.4 Å². The van der Waals surface area contributed by atoms with Crippen molar-refractivity contribution in [2.75, 3.05) is 25.9 Å². The van der Waals surface area contributed by atoms with Crippen LogP contribution in [0.1, 0.15) is 98.6 Å². The van der Waals surface area contributed by atoms with Crippen molar-refractivity contribution in [3.05, 3.63) is 24.2 Å². The summed E-state index contributed by atoms with van der Waals surface area (Å²) < 4.78 is 59.4. The summed E-state index contributed by atoms with van der Waals surface area (Å²) in [6.07, 6.45) is 1.76. The summed E-state index contributed by atoms with van der Waals surface area (Å²) in [5.41, 5.74) is 4.14. The SMILES string of the molecule is CCCC(CCC)C(=O)OCOP(=O)(OCOC(=O)C(CCC)CCC)OC[C@H]1O[C@@](C#N)(c2ccc3c(N)ncnn23)[C@H](OC(C)=O)[C@@H]1OC(C)=O. The number of anilines is 1. The second-order valence-corrected chi connectivity index (χ2v) is 14.1. The Bertz CT molecular complexity index is 1600. The smallest absolute Gasteiger partial charge is 0.456 e. The number of nitrogens with zero attached hydrogens (tertiary/aromatic N) is 4. The van der Waals surface area contributed by atoms with Gasteiger partial charge in [0.1, 0.15) is 24.0 Å². The molecule has 0 aliphatic carbocycles. The Morgan fingerprint density at radius 3 is 1.91 bits per heavy atom. The number of phosphoric acid groups is 1. The Labute approximate surface area is 308 Å². The number of nitrogens with two attached hydrogens (primary N) is 1. The number of carbonyl (C=O) groups excluding carboxylic acids is 4. The minimum absolute atomic E-state index is 0.0342. The van der Waals surface area contributed by atoms with Crippen LogP contribution in [0.15, 0.2) is 18.5 Å². The van der Waals surface area contributed by atoms with Gasteiger partial charge in [0.25, 0.3) is 0 Å². The van der Waals surface area contributed by atoms with Crippen molar-refractivity contribution in [2.24, 2.45) is 11.8 Å². The first-order valence-corrected chi connectivity index (χ1v) is 19.1. The number of esters is 4. The van der Waals surface area contributed by atoms with Crippen molar-refractivity contribution in [1.29, 1.82) is 5.26 Å². The van der Waals surface area contributed by atoms with E-state index >= 15 is 0 Å². The molecule has 18 nitrogen and oxygen atoms in total. The highest BCUT2D eigenvalue weighted by Gasteiger charge is 2.62. The van der Waals surface area contributed by atoms with Crippen LogP contribution in [0.5, 0.6) is 0 Å². The summed E-state index contributed by atoms with van der Waals surface area (Å²) in [6.45, 7) is 7.43. The van der Waals surface area contributed by atoms with Gasteiger partial charge in [-0.25, -0.2) is 23.1 Å². The van der Waals surface area contributed by atoms with E-state index in [2.05, 4.69) is 10.1 Å². The number of phosphoric ester groups is 1. The predicted octanol–water partition coefficient (Wildman–Crippen LogP) is 4.88. The fraction of sp³-hybridized carbons (Fsp3) is 0.676. The van der Waals surface area contributed by atoms with Crippen LogP contribution in [0.2, 0.25) is 0 Å². The van der Waals surface area contributed by atoms with Crippen molar-refractivity contribution in [2.45, 2.75) is 117 Å². The summed E-state index contributed by atoms with van der Waals surface area (Å²) in [7, 11) is -4.78. The summed E-state index contributed by atoms with van der Waals surface area (Å²) in [5, 5.41) is 14.8. The zero-order valence-electron chi connectivity index (χ0n) is 31.0. The minimum Gasteiger partial charge on any atom is -0.456 e. The molecule has 1 saturated heterocycles. The lowest BCUT2D eigenvalue weighted by molar-refractivity contribution is -0.166. The lowest BCUT2D eigenvalue weighted by atomic mass is 9.92. The van der Waals surface area contributed by atoms with Gasteiger partial charge in [0.2, 0.25) is 19.2 Å². The maximum atomic E-state index is 14.0. The molecule has 1 aliphatic rings. The number of nitrogen functional groups attached to an aromatic ring is 1. The number of rotatable bonds is 22. The highest BCUT2D eigenvalue weighted by Crippen LogP contribution is 2.51. The molecule has 19 heteroatoms. The van der Waals surface area contributed by atoms with Crippen molar-refractivity contribution in [3.63, 3.8) is 0 Å². The zero-order chi connectivity index (χ0) is 39.2. The van der Waals surface area contributed by atoms with Crippen molar-refractivity contribution < 1.29 is 61.0 Å². The van der Waals surface area contributed by atoms with Crippen LogP contribution < -0.4 is 5.73 Å². The van der Waals surface area contributed by atoms with Crippen LogP contribution in [0.4, 0.5) is 5.82 Å². The molecule has 2 N–H and O–H groups in total. The van der Waals surface area contributed by atoms with Gasteiger partial charge in [-0.2, -0.15) is 10.4 Å². The van der Waals surface area contributed by atoms with E-state index in [0.717, 1.165) is 45.9 Å². The van der Waals surface area contributed by atoms with E-state index in [9.17, 15) is 29.0 Å². The number of ether oxygens (including phenoxy) is 5. The van der Waals surface area contributed by atoms with E-state index in [-0.39, 0.29) is 11.5 Å². The third-order valence-electron chi connectivity index (χ3n) is 8.46. The van der Waals surface area contributed by atoms with Gasteiger partial charge in [0.05, 0.1) is 24.1 Å². The average molecular weight is 768 g/mol. The zero-order valence-corrected chi connectivity index (χ0v) is 31.9. The van der Waals surface area contributed by atoms with Gasteiger partial charge in [-0.3, -0.25) is 23.7 Å². The maximum Gasteiger partial charge on any atom is 0.480 e. The van der Waals surface area contributed by atoms with Crippen molar-refractivity contribution >= 4 is 43.0 Å². The standard InChI is InChI=1S/C34H50N5O13P/c1-7-11-24(12-8-2)32(42)45-20-48-53(44,49-21-46-33(43)25(13-9-3)14-10-4)47-17-27-29(50-22(5)40)30(51-23(6)41)34(18-35,52-27)28-16-15-26-31(36)37-19-38-39(26)28/h15-16,19,24-25,27,29-30H,7-14,17,20-21H2,1-6H3,(H2,36,37,38)/t27-,29-,30-,34+/m1/s1. The van der Waals surface area contributed by atoms with Gasteiger partial charge in [0.15, 0.2) is 18.0 Å². The summed E-state index contributed by atoms with van der Waals surface area (Å²) >= 11 is 0. The second kappa shape index (κ2) is 20.4. The van der Waals surface area contributed by atoms with Crippen LogP contribution in [0, 0.1) is 23.2 Å². The molecular formula is C34H50N5O13P. The maximum absolute atomic E-state index is 14.0. The number of hydrogen-bond acceptors (Lipinski definition) is 17.